The van der Waals surface area contributed by atoms with E-state index in [2.05, 4.69) is 10.3 Å². The van der Waals surface area contributed by atoms with Gasteiger partial charge >= 0.3 is 5.97 Å². The summed E-state index contributed by atoms with van der Waals surface area (Å²) in [4.78, 5) is 15.6. The normalized spacial score (nSPS) is 23.4. The Labute approximate surface area is 101 Å². The summed E-state index contributed by atoms with van der Waals surface area (Å²) in [6, 6.07) is 4.34. The molecule has 4 heteroatoms. The van der Waals surface area contributed by atoms with Crippen LogP contribution >= 0.6 is 0 Å². The van der Waals surface area contributed by atoms with E-state index in [1.54, 1.807) is 6.20 Å². The van der Waals surface area contributed by atoms with E-state index in [9.17, 15) is 4.79 Å². The van der Waals surface area contributed by atoms with Crippen LogP contribution in [0.25, 0.3) is 0 Å². The summed E-state index contributed by atoms with van der Waals surface area (Å²) in [5.41, 5.74) is 2.07. The van der Waals surface area contributed by atoms with Gasteiger partial charge in [0.2, 0.25) is 0 Å². The van der Waals surface area contributed by atoms with Crippen LogP contribution in [0.5, 0.6) is 0 Å². The van der Waals surface area contributed by atoms with Gasteiger partial charge in [0.1, 0.15) is 0 Å². The lowest BCUT2D eigenvalue weighted by Gasteiger charge is -2.14. The fourth-order valence-corrected chi connectivity index (χ4v) is 2.36. The highest BCUT2D eigenvalue weighted by molar-refractivity contribution is 5.72. The quantitative estimate of drug-likeness (QED) is 0.814. The molecule has 0 unspecified atom stereocenters. The number of aromatic nitrogens is 1. The molecular formula is C13H18N2O2. The molecule has 1 N–H and O–H groups in total. The number of carbonyl (C=O) groups excluding carboxylic acids is 1. The van der Waals surface area contributed by atoms with Crippen molar-refractivity contribution in [3.05, 3.63) is 24.0 Å². The number of pyridine rings is 1. The summed E-state index contributed by atoms with van der Waals surface area (Å²) < 4.78 is 4.78. The summed E-state index contributed by atoms with van der Waals surface area (Å²) in [5, 5.41) is 3.44. The van der Waals surface area contributed by atoms with Gasteiger partial charge in [0, 0.05) is 23.6 Å². The van der Waals surface area contributed by atoms with Gasteiger partial charge in [-0.1, -0.05) is 0 Å². The largest absolute Gasteiger partial charge is 0.469 e. The maximum atomic E-state index is 11.4. The minimum atomic E-state index is -0.0831. The molecule has 1 aromatic rings. The fraction of sp³-hybridized carbons (Fsp3) is 0.538. The molecule has 0 aromatic carbocycles. The highest BCUT2D eigenvalue weighted by Gasteiger charge is 2.30. The third-order valence-electron chi connectivity index (χ3n) is 3.23. The van der Waals surface area contributed by atoms with Crippen molar-refractivity contribution in [2.75, 3.05) is 12.4 Å². The maximum Gasteiger partial charge on any atom is 0.308 e. The van der Waals surface area contributed by atoms with Crippen molar-refractivity contribution in [2.24, 2.45) is 5.92 Å². The molecule has 1 aromatic heterocycles. The Bertz CT molecular complexity index is 406. The second-order valence-corrected chi connectivity index (χ2v) is 4.56. The summed E-state index contributed by atoms with van der Waals surface area (Å²) >= 11 is 0. The number of hydrogen-bond donors (Lipinski definition) is 1. The van der Waals surface area contributed by atoms with Crippen molar-refractivity contribution < 1.29 is 9.53 Å². The zero-order chi connectivity index (χ0) is 12.3. The van der Waals surface area contributed by atoms with E-state index >= 15 is 0 Å². The third-order valence-corrected chi connectivity index (χ3v) is 3.23. The van der Waals surface area contributed by atoms with Crippen LogP contribution in [0.3, 0.4) is 0 Å². The first kappa shape index (κ1) is 11.9. The highest BCUT2D eigenvalue weighted by atomic mass is 16.5. The van der Waals surface area contributed by atoms with Crippen LogP contribution in [0.15, 0.2) is 18.3 Å². The maximum absolute atomic E-state index is 11.4. The van der Waals surface area contributed by atoms with Crippen molar-refractivity contribution in [1.82, 2.24) is 4.98 Å². The summed E-state index contributed by atoms with van der Waals surface area (Å²) in [6.45, 7) is 1.97. The number of anilines is 1. The Kier molecular flexibility index (Phi) is 3.61. The summed E-state index contributed by atoms with van der Waals surface area (Å²) in [6.07, 6.45) is 4.58. The molecular weight excluding hydrogens is 216 g/mol. The molecule has 0 saturated heterocycles. The van der Waals surface area contributed by atoms with E-state index in [1.165, 1.54) is 7.11 Å². The fourth-order valence-electron chi connectivity index (χ4n) is 2.36. The topological polar surface area (TPSA) is 51.2 Å². The molecule has 1 saturated carbocycles. The van der Waals surface area contributed by atoms with Crippen molar-refractivity contribution >= 4 is 11.7 Å². The average molecular weight is 234 g/mol. The molecule has 4 nitrogen and oxygen atoms in total. The first-order valence-electron chi connectivity index (χ1n) is 5.96. The molecule has 2 rings (SSSR count). The van der Waals surface area contributed by atoms with E-state index in [0.717, 1.165) is 30.6 Å². The zero-order valence-electron chi connectivity index (χ0n) is 10.3. The molecule has 1 fully saturated rings. The molecule has 0 aliphatic heterocycles. The molecule has 17 heavy (non-hydrogen) atoms. The van der Waals surface area contributed by atoms with Gasteiger partial charge in [-0.2, -0.15) is 0 Å². The molecule has 2 atom stereocenters. The van der Waals surface area contributed by atoms with Gasteiger partial charge in [-0.05, 0) is 38.3 Å². The van der Waals surface area contributed by atoms with E-state index in [-0.39, 0.29) is 11.9 Å². The van der Waals surface area contributed by atoms with Crippen LogP contribution in [0, 0.1) is 12.8 Å². The molecule has 0 bridgehead atoms. The first-order valence-corrected chi connectivity index (χ1v) is 5.96. The molecule has 0 amide bonds. The van der Waals surface area contributed by atoms with Crippen LogP contribution in [0.1, 0.15) is 25.0 Å². The lowest BCUT2D eigenvalue weighted by atomic mass is 10.1. The number of ether oxygens (including phenoxy) is 1. The summed E-state index contributed by atoms with van der Waals surface area (Å²) in [5.74, 6) is -0.0272. The van der Waals surface area contributed by atoms with Gasteiger partial charge in [-0.3, -0.25) is 9.78 Å². The number of esters is 1. The second kappa shape index (κ2) is 5.17. The van der Waals surface area contributed by atoms with Gasteiger partial charge in [0.25, 0.3) is 0 Å². The molecule has 1 aliphatic rings. The lowest BCUT2D eigenvalue weighted by Crippen LogP contribution is -2.18. The Morgan fingerprint density at radius 3 is 3.06 bits per heavy atom. The number of nitrogens with one attached hydrogen (secondary N) is 1. The number of methoxy groups -OCH3 is 1. The highest BCUT2D eigenvalue weighted by Crippen LogP contribution is 2.28. The predicted octanol–water partition coefficient (Wildman–Crippen LogP) is 2.14. The van der Waals surface area contributed by atoms with Crippen LogP contribution in [0.4, 0.5) is 5.69 Å². The number of hydrogen-bond acceptors (Lipinski definition) is 4. The van der Waals surface area contributed by atoms with Crippen LogP contribution < -0.4 is 5.32 Å². The standard InChI is InChI=1S/C13H18N2O2/c1-9-7-12(5-6-14-9)15-11-4-3-10(8-11)13(16)17-2/h5-7,10-11H,3-4,8H2,1-2H3,(H,14,15)/t10-,11+/m0/s1. The minimum absolute atomic E-state index is 0.0560. The van der Waals surface area contributed by atoms with Gasteiger partial charge in [0.15, 0.2) is 0 Å². The Hall–Kier alpha value is -1.58. The van der Waals surface area contributed by atoms with Gasteiger partial charge < -0.3 is 10.1 Å². The van der Waals surface area contributed by atoms with Crippen LogP contribution in [-0.4, -0.2) is 24.1 Å². The number of rotatable bonds is 3. The zero-order valence-corrected chi connectivity index (χ0v) is 10.3. The third kappa shape index (κ3) is 2.96. The van der Waals surface area contributed by atoms with Crippen molar-refractivity contribution in [2.45, 2.75) is 32.2 Å². The first-order chi connectivity index (χ1) is 8.19. The smallest absolute Gasteiger partial charge is 0.308 e. The Balaban J connectivity index is 1.92. The Morgan fingerprint density at radius 2 is 2.35 bits per heavy atom. The number of aryl methyl sites for hydroxylation is 1. The SMILES string of the molecule is COC(=O)[C@H]1CC[C@@H](Nc2ccnc(C)c2)C1. The number of nitrogens with zero attached hydrogens (tertiary/aromatic N) is 1. The second-order valence-electron chi connectivity index (χ2n) is 4.56. The van der Waals surface area contributed by atoms with Crippen LogP contribution in [-0.2, 0) is 9.53 Å². The Morgan fingerprint density at radius 1 is 1.53 bits per heavy atom. The molecule has 0 radical (unpaired) electrons. The van der Waals surface area contributed by atoms with Gasteiger partial charge in [-0.25, -0.2) is 0 Å². The molecule has 1 heterocycles. The van der Waals surface area contributed by atoms with E-state index in [0.29, 0.717) is 6.04 Å². The summed E-state index contributed by atoms with van der Waals surface area (Å²) in [7, 11) is 1.45. The van der Waals surface area contributed by atoms with Crippen molar-refractivity contribution in [1.29, 1.82) is 0 Å². The molecule has 0 spiro atoms. The van der Waals surface area contributed by atoms with E-state index in [1.807, 2.05) is 19.1 Å². The lowest BCUT2D eigenvalue weighted by molar-refractivity contribution is -0.145. The average Bonchev–Trinajstić information content (AvgIpc) is 2.76. The van der Waals surface area contributed by atoms with E-state index < -0.39 is 0 Å². The predicted molar refractivity (Wildman–Crippen MR) is 65.7 cm³/mol. The molecule has 1 aliphatic carbocycles. The minimum Gasteiger partial charge on any atom is -0.469 e. The monoisotopic (exact) mass is 234 g/mol. The van der Waals surface area contributed by atoms with Crippen LogP contribution in [0.2, 0.25) is 0 Å². The number of carbonyl (C=O) groups is 1. The van der Waals surface area contributed by atoms with Gasteiger partial charge in [-0.15, -0.1) is 0 Å². The van der Waals surface area contributed by atoms with Crippen molar-refractivity contribution in [3.63, 3.8) is 0 Å². The van der Waals surface area contributed by atoms with Gasteiger partial charge in [0.05, 0.1) is 13.0 Å². The molecule has 92 valence electrons. The van der Waals surface area contributed by atoms with E-state index in [4.69, 9.17) is 4.74 Å². The van der Waals surface area contributed by atoms with Crippen molar-refractivity contribution in [3.8, 4) is 0 Å².